The number of aromatic nitrogens is 4. The Bertz CT molecular complexity index is 2290. The van der Waals surface area contributed by atoms with Crippen LogP contribution in [-0.4, -0.2) is 26.6 Å². The first-order valence-electron chi connectivity index (χ1n) is 15.7. The molecule has 1 aliphatic rings. The van der Waals surface area contributed by atoms with E-state index in [1.54, 1.807) is 0 Å². The molecule has 5 heterocycles. The molecule has 0 aliphatic carbocycles. The largest absolute Gasteiger partial charge is 0.504 e. The molecule has 0 atom stereocenters. The topological polar surface area (TPSA) is 59.3 Å². The van der Waals surface area contributed by atoms with E-state index in [4.69, 9.17) is 9.72 Å². The van der Waals surface area contributed by atoms with Gasteiger partial charge in [-0.15, -0.1) is 17.5 Å². The van der Waals surface area contributed by atoms with Crippen molar-refractivity contribution in [3.8, 4) is 28.7 Å². The Labute approximate surface area is 295 Å². The van der Waals surface area contributed by atoms with Gasteiger partial charge >= 0.3 is 0 Å². The summed E-state index contributed by atoms with van der Waals surface area (Å²) in [6, 6.07) is 38.0. The van der Waals surface area contributed by atoms with E-state index in [0.29, 0.717) is 11.6 Å². The number of aryl methyl sites for hydroxylation is 1. The van der Waals surface area contributed by atoms with Crippen LogP contribution in [0.3, 0.4) is 0 Å². The van der Waals surface area contributed by atoms with Crippen LogP contribution in [0.25, 0.3) is 38.9 Å². The van der Waals surface area contributed by atoms with Crippen LogP contribution in [0.4, 0.5) is 17.1 Å². The molecule has 0 N–H and O–H groups in total. The molecule has 3 aromatic carbocycles. The minimum atomic E-state index is -0.0347. The molecule has 48 heavy (non-hydrogen) atoms. The molecule has 0 unspecified atom stereocenters. The summed E-state index contributed by atoms with van der Waals surface area (Å²) in [4.78, 5) is 18.3. The van der Waals surface area contributed by atoms with Crippen molar-refractivity contribution >= 4 is 38.9 Å². The third-order valence-corrected chi connectivity index (χ3v) is 8.59. The van der Waals surface area contributed by atoms with E-state index < -0.39 is 0 Å². The quantitative estimate of drug-likeness (QED) is 0.162. The number of rotatable bonds is 5. The minimum Gasteiger partial charge on any atom is -0.504 e. The second-order valence-corrected chi connectivity index (χ2v) is 12.9. The summed E-state index contributed by atoms with van der Waals surface area (Å²) >= 11 is 0. The molecule has 0 saturated carbocycles. The predicted octanol–water partition coefficient (Wildman–Crippen LogP) is 9.34. The molecule has 0 fully saturated rings. The second kappa shape index (κ2) is 12.2. The monoisotopic (exact) mass is 808 g/mol. The maximum absolute atomic E-state index is 6.42. The van der Waals surface area contributed by atoms with Gasteiger partial charge < -0.3 is 19.1 Å². The smallest absolute Gasteiger partial charge is 0.135 e. The van der Waals surface area contributed by atoms with Crippen LogP contribution in [-0.2, 0) is 26.5 Å². The summed E-state index contributed by atoms with van der Waals surface area (Å²) in [5.74, 6) is 1.75. The molecule has 7 nitrogen and oxygen atoms in total. The number of anilines is 3. The maximum atomic E-state index is 6.42. The van der Waals surface area contributed by atoms with E-state index >= 15 is 0 Å². The van der Waals surface area contributed by atoms with Gasteiger partial charge in [0.25, 0.3) is 0 Å². The summed E-state index contributed by atoms with van der Waals surface area (Å²) in [5.41, 5.74) is 8.92. The van der Waals surface area contributed by atoms with Gasteiger partial charge in [-0.05, 0) is 84.1 Å². The number of hydrogen-bond donors (Lipinski definition) is 0. The van der Waals surface area contributed by atoms with E-state index in [9.17, 15) is 0 Å². The van der Waals surface area contributed by atoms with Gasteiger partial charge in [-0.1, -0.05) is 56.6 Å². The van der Waals surface area contributed by atoms with E-state index in [-0.39, 0.29) is 26.5 Å². The molecule has 4 aromatic heterocycles. The van der Waals surface area contributed by atoms with E-state index in [2.05, 4.69) is 106 Å². The Balaban J connectivity index is 0.00000364. The number of pyridine rings is 3. The van der Waals surface area contributed by atoms with Gasteiger partial charge in [0, 0.05) is 56.1 Å². The van der Waals surface area contributed by atoms with Gasteiger partial charge in [-0.3, -0.25) is 9.97 Å². The van der Waals surface area contributed by atoms with Crippen LogP contribution in [0.2, 0.25) is 0 Å². The summed E-state index contributed by atoms with van der Waals surface area (Å²) in [6.45, 7) is 10.7. The van der Waals surface area contributed by atoms with Gasteiger partial charge in [0.05, 0.1) is 5.69 Å². The third kappa shape index (κ3) is 5.62. The molecule has 1 aliphatic heterocycles. The van der Waals surface area contributed by atoms with Gasteiger partial charge in [0.2, 0.25) is 0 Å². The standard InChI is InChI=1S/C40H33N6O.Pt/c1-26-20-29(45-25-44(5)35-11-6-7-12-36(35)45)23-39(43-26)47-30-14-15-31-32-21-27(33-10-8-9-18-41-33)13-16-34(32)46(37(31)24-30)38-22-28(17-19-42-38)40(2,3)4;/h6-22,25H,1-5H3;/q-3;. The van der Waals surface area contributed by atoms with Crippen LogP contribution in [0.1, 0.15) is 32.0 Å². The van der Waals surface area contributed by atoms with Crippen molar-refractivity contribution in [2.24, 2.45) is 0 Å². The van der Waals surface area contributed by atoms with Gasteiger partial charge in [-0.25, -0.2) is 4.98 Å². The number of hydrogen-bond acceptors (Lipinski definition) is 6. The molecule has 242 valence electrons. The number of nitrogens with zero attached hydrogens (tertiary/aromatic N) is 6. The average Bonchev–Trinajstić information content (AvgIpc) is 3.58. The summed E-state index contributed by atoms with van der Waals surface area (Å²) in [7, 11) is 2.04. The molecule has 8 rings (SSSR count). The fraction of sp³-hybridized carbons (Fsp3) is 0.150. The average molecular weight is 809 g/mol. The van der Waals surface area contributed by atoms with Gasteiger partial charge in [0.1, 0.15) is 11.7 Å². The summed E-state index contributed by atoms with van der Waals surface area (Å²) in [6.07, 6.45) is 3.71. The molecule has 0 saturated heterocycles. The van der Waals surface area contributed by atoms with Crippen molar-refractivity contribution in [2.45, 2.75) is 33.1 Å². The Hall–Kier alpha value is -5.00. The van der Waals surface area contributed by atoms with Crippen LogP contribution >= 0.6 is 0 Å². The number of ether oxygens (including phenoxy) is 1. The number of benzene rings is 3. The first-order chi connectivity index (χ1) is 22.7. The summed E-state index contributed by atoms with van der Waals surface area (Å²) < 4.78 is 8.59. The van der Waals surface area contributed by atoms with Crippen molar-refractivity contribution in [1.82, 2.24) is 19.5 Å². The zero-order valence-electron chi connectivity index (χ0n) is 27.3. The molecule has 0 spiro atoms. The van der Waals surface area contributed by atoms with Crippen LogP contribution in [0.5, 0.6) is 11.6 Å². The zero-order chi connectivity index (χ0) is 32.3. The van der Waals surface area contributed by atoms with Crippen molar-refractivity contribution in [3.05, 3.63) is 133 Å². The normalized spacial score (nSPS) is 12.8. The van der Waals surface area contributed by atoms with Crippen LogP contribution in [0.15, 0.2) is 103 Å². The van der Waals surface area contributed by atoms with Crippen molar-refractivity contribution in [2.75, 3.05) is 16.8 Å². The number of para-hydroxylation sites is 2. The second-order valence-electron chi connectivity index (χ2n) is 12.9. The molecule has 0 amide bonds. The molecule has 0 bridgehead atoms. The number of fused-ring (bicyclic) bond motifs is 4. The third-order valence-electron chi connectivity index (χ3n) is 8.59. The van der Waals surface area contributed by atoms with Crippen LogP contribution in [0, 0.1) is 25.7 Å². The SMILES string of the molecule is Cc1cc(N2[CH-]N(C)c3ccccc32)[c-]c(Oc2[c-]c3c(cc2)c2cc(-c4ccccn4)ccc2n3-c2cc(C(C)(C)C)ccn2)n1.[Pt]. The van der Waals surface area contributed by atoms with Gasteiger partial charge in [-0.2, -0.15) is 30.6 Å². The Morgan fingerprint density at radius 1 is 0.792 bits per heavy atom. The molecule has 7 aromatic rings. The maximum Gasteiger partial charge on any atom is 0.135 e. The summed E-state index contributed by atoms with van der Waals surface area (Å²) in [5, 5.41) is 2.13. The van der Waals surface area contributed by atoms with E-state index in [1.165, 1.54) is 5.56 Å². The predicted molar refractivity (Wildman–Crippen MR) is 189 cm³/mol. The Morgan fingerprint density at radius 3 is 2.40 bits per heavy atom. The molecule has 8 heteroatoms. The van der Waals surface area contributed by atoms with Crippen molar-refractivity contribution < 1.29 is 25.8 Å². The molecule has 0 radical (unpaired) electrons. The Kier molecular flexibility index (Phi) is 8.04. The fourth-order valence-electron chi connectivity index (χ4n) is 6.22. The minimum absolute atomic E-state index is 0. The van der Waals surface area contributed by atoms with Crippen molar-refractivity contribution in [1.29, 1.82) is 0 Å². The van der Waals surface area contributed by atoms with E-state index in [1.807, 2.05) is 75.5 Å². The fourth-order valence-corrected chi connectivity index (χ4v) is 6.22. The molecular weight excluding hydrogens is 776 g/mol. The Morgan fingerprint density at radius 2 is 1.60 bits per heavy atom. The zero-order valence-corrected chi connectivity index (χ0v) is 29.6. The first-order valence-corrected chi connectivity index (χ1v) is 15.7. The van der Waals surface area contributed by atoms with Crippen molar-refractivity contribution in [3.63, 3.8) is 0 Å². The molecular formula is C40H33N6OPt-3. The van der Waals surface area contributed by atoms with E-state index in [0.717, 1.165) is 61.6 Å². The van der Waals surface area contributed by atoms with Crippen LogP contribution < -0.4 is 14.5 Å². The van der Waals surface area contributed by atoms with Gasteiger partial charge in [0.15, 0.2) is 0 Å². The first kappa shape index (κ1) is 31.6.